The summed E-state index contributed by atoms with van der Waals surface area (Å²) in [6.07, 6.45) is 17.7. The van der Waals surface area contributed by atoms with Crippen LogP contribution in [0.3, 0.4) is 0 Å². The molecule has 0 spiro atoms. The van der Waals surface area contributed by atoms with Crippen molar-refractivity contribution >= 4 is 42.6 Å². The lowest BCUT2D eigenvalue weighted by molar-refractivity contribution is -0.113. The first-order valence-electron chi connectivity index (χ1n) is 21.6. The zero-order valence-electron chi connectivity index (χ0n) is 38.3. The van der Waals surface area contributed by atoms with Crippen molar-refractivity contribution in [3.63, 3.8) is 0 Å². The standard InChI is InChI=1S/C24H20O4P2.C21H22N2O2.C4H8.C3H6.C2H6.2H2/c25-29(23-15-7-3-11-19(23)17-9-1-5-13-21(17)27-29)30(26)24-16-8-4-12-20(24)18-10-2-6-14-22(18)28-30;1-14(2)20(24)22-18-9-5-16(6-10-18)13-17-7-11-19(12-8-17)23-21(25)15(3)4;1-3-4-2;1-3-2;1-2;;/h1,3,5-9,11,13-16H,2,4,10,12H2;5-12H,1,3,13H2,2,4H3,(H,22,24)(H,23,25);3-4H,1-2H3;3H,1H2,2H3;1-2H3;2*1H/b;;4-3-;;;;. The Morgan fingerprint density at radius 3 is 1.64 bits per heavy atom. The molecule has 4 aromatic carbocycles. The van der Waals surface area contributed by atoms with Crippen molar-refractivity contribution in [2.45, 2.75) is 80.6 Å². The van der Waals surface area contributed by atoms with Crippen molar-refractivity contribution < 1.29 is 30.6 Å². The van der Waals surface area contributed by atoms with Crippen molar-refractivity contribution in [1.29, 1.82) is 0 Å². The van der Waals surface area contributed by atoms with Crippen LogP contribution in [0.25, 0.3) is 11.1 Å². The molecule has 338 valence electrons. The van der Waals surface area contributed by atoms with E-state index < -0.39 is 14.1 Å². The first-order valence-corrected chi connectivity index (χ1v) is 25.6. The van der Waals surface area contributed by atoms with Crippen LogP contribution in [0, 0.1) is 0 Å². The lowest BCUT2D eigenvalue weighted by Crippen LogP contribution is -2.21. The molecule has 2 amide bonds. The van der Waals surface area contributed by atoms with Crippen LogP contribution < -0.4 is 20.5 Å². The number of anilines is 2. The van der Waals surface area contributed by atoms with Gasteiger partial charge < -0.3 is 19.7 Å². The lowest BCUT2D eigenvalue weighted by Gasteiger charge is -2.38. The van der Waals surface area contributed by atoms with Crippen LogP contribution in [0.15, 0.2) is 193 Å². The number of benzene rings is 4. The van der Waals surface area contributed by atoms with E-state index in [2.05, 4.69) is 30.4 Å². The van der Waals surface area contributed by atoms with Gasteiger partial charge in [0.05, 0.1) is 10.6 Å². The van der Waals surface area contributed by atoms with Crippen molar-refractivity contribution in [2.75, 3.05) is 10.6 Å². The van der Waals surface area contributed by atoms with Gasteiger partial charge in [0.1, 0.15) is 11.5 Å². The summed E-state index contributed by atoms with van der Waals surface area (Å²) in [7, 11) is -7.81. The van der Waals surface area contributed by atoms with Gasteiger partial charge in [0.2, 0.25) is 0 Å². The summed E-state index contributed by atoms with van der Waals surface area (Å²) in [6, 6.07) is 30.3. The molecule has 4 aromatic rings. The van der Waals surface area contributed by atoms with E-state index in [1.54, 1.807) is 32.1 Å². The molecule has 64 heavy (non-hydrogen) atoms. The van der Waals surface area contributed by atoms with E-state index in [1.165, 1.54) is 0 Å². The van der Waals surface area contributed by atoms with E-state index in [0.717, 1.165) is 76.9 Å². The number of nitrogens with one attached hydrogen (secondary N) is 2. The Morgan fingerprint density at radius 2 is 1.12 bits per heavy atom. The van der Waals surface area contributed by atoms with Crippen LogP contribution in [-0.4, -0.2) is 11.8 Å². The van der Waals surface area contributed by atoms with E-state index in [1.807, 2.05) is 156 Å². The number of hydrogen-bond donors (Lipinski definition) is 2. The predicted molar refractivity (Wildman–Crippen MR) is 274 cm³/mol. The molecule has 0 fully saturated rings. The van der Waals surface area contributed by atoms with Crippen molar-refractivity contribution in [1.82, 2.24) is 0 Å². The van der Waals surface area contributed by atoms with Gasteiger partial charge in [-0.3, -0.25) is 18.7 Å². The van der Waals surface area contributed by atoms with Crippen molar-refractivity contribution in [3.05, 3.63) is 204 Å². The normalized spacial score (nSPS) is 18.2. The maximum atomic E-state index is 14.7. The molecular formula is C54H66N2O6P2. The maximum Gasteiger partial charge on any atom is 0.374 e. The first kappa shape index (κ1) is 50.4. The fourth-order valence-corrected chi connectivity index (χ4v) is 14.3. The molecule has 2 N–H and O–H groups in total. The first-order chi connectivity index (χ1) is 30.8. The summed E-state index contributed by atoms with van der Waals surface area (Å²) >= 11 is 0. The van der Waals surface area contributed by atoms with Crippen LogP contribution in [0.4, 0.5) is 11.4 Å². The minimum atomic E-state index is -3.92. The third-order valence-electron chi connectivity index (χ3n) is 10.1. The Bertz CT molecular complexity index is 2530. The molecule has 0 aromatic heterocycles. The Labute approximate surface area is 383 Å². The summed E-state index contributed by atoms with van der Waals surface area (Å²) in [5, 5.41) is 6.61. The minimum absolute atomic E-state index is 0. The van der Waals surface area contributed by atoms with Gasteiger partial charge in [-0.15, -0.1) is 6.58 Å². The average molecular weight is 901 g/mol. The number of hydrogen-bond acceptors (Lipinski definition) is 6. The lowest BCUT2D eigenvalue weighted by atomic mass is 9.90. The molecule has 0 saturated carbocycles. The minimum Gasteiger partial charge on any atom is -0.433 e. The Hall–Kier alpha value is -6.20. The molecule has 2 unspecified atom stereocenters. The number of carbonyl (C=O) groups is 2. The molecule has 8 nitrogen and oxygen atoms in total. The van der Waals surface area contributed by atoms with Crippen LogP contribution in [0.5, 0.6) is 5.75 Å². The molecular weight excluding hydrogens is 835 g/mol. The zero-order chi connectivity index (χ0) is 46.9. The van der Waals surface area contributed by atoms with Crippen LogP contribution >= 0.6 is 14.1 Å². The van der Waals surface area contributed by atoms with Gasteiger partial charge >= 0.3 is 14.1 Å². The van der Waals surface area contributed by atoms with E-state index in [0.29, 0.717) is 33.3 Å². The number of para-hydroxylation sites is 1. The zero-order valence-corrected chi connectivity index (χ0v) is 40.1. The molecule has 0 radical (unpaired) electrons. The highest BCUT2D eigenvalue weighted by Gasteiger charge is 2.58. The van der Waals surface area contributed by atoms with E-state index in [9.17, 15) is 18.7 Å². The van der Waals surface area contributed by atoms with Gasteiger partial charge in [0.25, 0.3) is 11.8 Å². The SMILES string of the molecule is C/C=C\C.C=C(C)C(=O)Nc1ccc(Cc2ccc(NC(=O)C(=C)C)cc2)cc1.C=CC.CC.O=P1(P2(=O)Oc3ccccc3-c3ccccc32)OC2=C(CCC=C2)C2=C1C=CCC2.[HH].[HH]. The Balaban J connectivity index is 0.000000380. The number of carbonyl (C=O) groups excluding carboxylic acids is 2. The summed E-state index contributed by atoms with van der Waals surface area (Å²) in [4.78, 5) is 23.2. The molecule has 0 bridgehead atoms. The molecule has 2 heterocycles. The van der Waals surface area contributed by atoms with Crippen molar-refractivity contribution in [3.8, 4) is 16.9 Å². The summed E-state index contributed by atoms with van der Waals surface area (Å²) in [5.41, 5.74) is 8.48. The van der Waals surface area contributed by atoms with Crippen LogP contribution in [-0.2, 0) is 29.7 Å². The second-order valence-corrected chi connectivity index (χ2v) is 21.5. The molecule has 10 heteroatoms. The number of allylic oxidation sites excluding steroid dienone is 10. The maximum absolute atomic E-state index is 14.7. The number of amides is 2. The van der Waals surface area contributed by atoms with Gasteiger partial charge in [0, 0.05) is 36.5 Å². The molecule has 2 aliphatic carbocycles. The van der Waals surface area contributed by atoms with Gasteiger partial charge in [-0.05, 0) is 131 Å². The highest BCUT2D eigenvalue weighted by molar-refractivity contribution is 8.37. The monoisotopic (exact) mass is 900 g/mol. The second kappa shape index (κ2) is 24.0. The predicted octanol–water partition coefficient (Wildman–Crippen LogP) is 15.7. The van der Waals surface area contributed by atoms with E-state index in [-0.39, 0.29) is 14.7 Å². The van der Waals surface area contributed by atoms with E-state index in [4.69, 9.17) is 9.05 Å². The molecule has 0 saturated heterocycles. The van der Waals surface area contributed by atoms with Crippen LogP contribution in [0.2, 0.25) is 0 Å². The number of fused-ring (bicyclic) bond motifs is 4. The van der Waals surface area contributed by atoms with Crippen LogP contribution in [0.1, 0.15) is 88.1 Å². The summed E-state index contributed by atoms with van der Waals surface area (Å²) in [6.45, 7) is 23.8. The van der Waals surface area contributed by atoms with Gasteiger partial charge in [-0.2, -0.15) is 0 Å². The molecule has 2 atom stereocenters. The van der Waals surface area contributed by atoms with Crippen molar-refractivity contribution in [2.24, 2.45) is 0 Å². The fourth-order valence-electron chi connectivity index (χ4n) is 6.84. The Kier molecular flexibility index (Phi) is 18.9. The third-order valence-corrected chi connectivity index (χ3v) is 17.5. The topological polar surface area (TPSA) is 111 Å². The average Bonchev–Trinajstić information content (AvgIpc) is 3.31. The number of rotatable bonds is 7. The third kappa shape index (κ3) is 12.1. The Morgan fingerprint density at radius 1 is 0.656 bits per heavy atom. The van der Waals surface area contributed by atoms with Gasteiger partial charge in [-0.25, -0.2) is 0 Å². The second-order valence-electron chi connectivity index (χ2n) is 14.9. The fraction of sp³-hybridized carbons (Fsp3) is 0.222. The smallest absolute Gasteiger partial charge is 0.374 e. The van der Waals surface area contributed by atoms with Gasteiger partial charge in [-0.1, -0.05) is 124 Å². The molecule has 4 aliphatic rings. The summed E-state index contributed by atoms with van der Waals surface area (Å²) < 4.78 is 41.8. The quantitative estimate of drug-likeness (QED) is 0.109. The van der Waals surface area contributed by atoms with Gasteiger partial charge in [0.15, 0.2) is 0 Å². The molecule has 2 aliphatic heterocycles. The largest absolute Gasteiger partial charge is 0.433 e. The highest BCUT2D eigenvalue weighted by Crippen LogP contribution is 2.88. The van der Waals surface area contributed by atoms with E-state index >= 15 is 0 Å². The molecule has 8 rings (SSSR count). The highest BCUT2D eigenvalue weighted by atomic mass is 32.1. The summed E-state index contributed by atoms with van der Waals surface area (Å²) in [5.74, 6) is 0.716.